The Morgan fingerprint density at radius 3 is 2.71 bits per heavy atom. The number of nitrogens with zero attached hydrogens (tertiary/aromatic N) is 3. The highest BCUT2D eigenvalue weighted by molar-refractivity contribution is 7.12. The molecule has 0 fully saturated rings. The first kappa shape index (κ1) is 20.7. The Morgan fingerprint density at radius 1 is 1.13 bits per heavy atom. The van der Waals surface area contributed by atoms with Gasteiger partial charge in [0.25, 0.3) is 5.91 Å². The molecule has 158 valence electrons. The second kappa shape index (κ2) is 9.50. The van der Waals surface area contributed by atoms with Gasteiger partial charge in [0.2, 0.25) is 0 Å². The van der Waals surface area contributed by atoms with Crippen LogP contribution in [0.3, 0.4) is 0 Å². The van der Waals surface area contributed by atoms with Crippen molar-refractivity contribution < 1.29 is 18.7 Å². The third kappa shape index (κ3) is 4.96. The van der Waals surface area contributed by atoms with Gasteiger partial charge in [-0.3, -0.25) is 4.79 Å². The minimum Gasteiger partial charge on any atom is -0.460 e. The maximum absolute atomic E-state index is 13.4. The molecule has 0 bridgehead atoms. The molecule has 2 aromatic carbocycles. The van der Waals surface area contributed by atoms with Crippen LogP contribution in [0.15, 0.2) is 66.0 Å². The number of rotatable bonds is 8. The maximum atomic E-state index is 13.4. The molecule has 0 radical (unpaired) electrons. The number of hydrogen-bond donors (Lipinski definition) is 1. The summed E-state index contributed by atoms with van der Waals surface area (Å²) in [6, 6.07) is 16.9. The summed E-state index contributed by atoms with van der Waals surface area (Å²) in [4.78, 5) is 17.5. The van der Waals surface area contributed by atoms with Crippen molar-refractivity contribution in [3.8, 4) is 23.1 Å². The number of carbonyl (C=O) groups excluding carboxylic acids is 1. The molecular formula is C22H19FN4O3S. The Morgan fingerprint density at radius 2 is 1.97 bits per heavy atom. The molecule has 7 nitrogen and oxygen atoms in total. The number of ether oxygens (including phenoxy) is 2. The average molecular weight is 438 g/mol. The fourth-order valence-corrected chi connectivity index (χ4v) is 3.47. The summed E-state index contributed by atoms with van der Waals surface area (Å²) in [5.74, 6) is -0.0492. The molecule has 0 spiro atoms. The molecule has 1 N–H and O–H groups in total. The molecule has 0 saturated heterocycles. The van der Waals surface area contributed by atoms with Gasteiger partial charge in [0.15, 0.2) is 5.82 Å². The monoisotopic (exact) mass is 438 g/mol. The summed E-state index contributed by atoms with van der Waals surface area (Å²) in [6.07, 6.45) is 0. The molecule has 2 heterocycles. The molecule has 31 heavy (non-hydrogen) atoms. The van der Waals surface area contributed by atoms with Crippen molar-refractivity contribution in [2.24, 2.45) is 0 Å². The van der Waals surface area contributed by atoms with Gasteiger partial charge in [-0.25, -0.2) is 9.07 Å². The van der Waals surface area contributed by atoms with Crippen LogP contribution in [0.5, 0.6) is 6.01 Å². The first-order chi connectivity index (χ1) is 15.1. The summed E-state index contributed by atoms with van der Waals surface area (Å²) >= 11 is 1.37. The Balaban J connectivity index is 1.67. The maximum Gasteiger partial charge on any atom is 0.336 e. The predicted octanol–water partition coefficient (Wildman–Crippen LogP) is 4.41. The van der Waals surface area contributed by atoms with E-state index in [1.54, 1.807) is 48.2 Å². The fourth-order valence-electron chi connectivity index (χ4n) is 2.85. The molecule has 0 aliphatic carbocycles. The second-order valence-corrected chi connectivity index (χ2v) is 7.41. The highest BCUT2D eigenvalue weighted by Gasteiger charge is 2.16. The van der Waals surface area contributed by atoms with Crippen LogP contribution < -0.4 is 10.1 Å². The normalized spacial score (nSPS) is 10.8. The van der Waals surface area contributed by atoms with E-state index in [-0.39, 0.29) is 17.7 Å². The fraction of sp³-hybridized carbons (Fsp3) is 0.136. The van der Waals surface area contributed by atoms with Crippen LogP contribution in [0.25, 0.3) is 17.1 Å². The average Bonchev–Trinajstić information content (AvgIpc) is 3.45. The minimum absolute atomic E-state index is 0.171. The lowest BCUT2D eigenvalue weighted by Crippen LogP contribution is -2.10. The van der Waals surface area contributed by atoms with Gasteiger partial charge in [0.05, 0.1) is 17.2 Å². The van der Waals surface area contributed by atoms with Crippen LogP contribution in [0, 0.1) is 5.82 Å². The number of aromatic nitrogens is 3. The van der Waals surface area contributed by atoms with E-state index in [2.05, 4.69) is 15.4 Å². The number of anilines is 1. The first-order valence-corrected chi connectivity index (χ1v) is 10.3. The zero-order chi connectivity index (χ0) is 21.6. The van der Waals surface area contributed by atoms with Crippen molar-refractivity contribution in [3.63, 3.8) is 0 Å². The highest BCUT2D eigenvalue weighted by Crippen LogP contribution is 2.25. The first-order valence-electron chi connectivity index (χ1n) is 9.44. The van der Waals surface area contributed by atoms with Crippen LogP contribution in [0.4, 0.5) is 10.1 Å². The van der Waals surface area contributed by atoms with Gasteiger partial charge in [-0.1, -0.05) is 12.1 Å². The zero-order valence-electron chi connectivity index (χ0n) is 16.6. The molecule has 0 atom stereocenters. The van der Waals surface area contributed by atoms with Gasteiger partial charge >= 0.3 is 6.01 Å². The standard InChI is InChI=1S/C22H19FN4O3S/c1-29-11-12-30-22-25-20(15-7-9-16(23)10-8-15)27(26-22)18-5-2-4-17(14-18)24-21(28)19-6-3-13-31-19/h2-10,13-14H,11-12H2,1H3,(H,24,28). The van der Waals surface area contributed by atoms with Crippen molar-refractivity contribution in [1.82, 2.24) is 14.8 Å². The summed E-state index contributed by atoms with van der Waals surface area (Å²) in [5.41, 5.74) is 1.94. The number of halogens is 1. The Bertz CT molecular complexity index is 1160. The zero-order valence-corrected chi connectivity index (χ0v) is 17.4. The molecular weight excluding hydrogens is 419 g/mol. The van der Waals surface area contributed by atoms with Crippen molar-refractivity contribution >= 4 is 22.9 Å². The van der Waals surface area contributed by atoms with Crippen LogP contribution in [0.1, 0.15) is 9.67 Å². The van der Waals surface area contributed by atoms with E-state index in [9.17, 15) is 9.18 Å². The van der Waals surface area contributed by atoms with E-state index >= 15 is 0 Å². The Labute approximate surface area is 182 Å². The molecule has 0 saturated carbocycles. The number of carbonyl (C=O) groups is 1. The van der Waals surface area contributed by atoms with Gasteiger partial charge in [0.1, 0.15) is 12.4 Å². The lowest BCUT2D eigenvalue weighted by molar-refractivity contribution is 0.103. The third-order valence-electron chi connectivity index (χ3n) is 4.30. The number of nitrogens with one attached hydrogen (secondary N) is 1. The molecule has 9 heteroatoms. The van der Waals surface area contributed by atoms with Crippen molar-refractivity contribution in [2.75, 3.05) is 25.6 Å². The van der Waals surface area contributed by atoms with Crippen LogP contribution in [-0.2, 0) is 4.74 Å². The van der Waals surface area contributed by atoms with Crippen LogP contribution >= 0.6 is 11.3 Å². The van der Waals surface area contributed by atoms with E-state index < -0.39 is 0 Å². The second-order valence-electron chi connectivity index (χ2n) is 6.46. The SMILES string of the molecule is COCCOc1nc(-c2ccc(F)cc2)n(-c2cccc(NC(=O)c3cccs3)c2)n1. The van der Waals surface area contributed by atoms with Crippen LogP contribution in [0.2, 0.25) is 0 Å². The Kier molecular flexibility index (Phi) is 6.34. The van der Waals surface area contributed by atoms with E-state index in [1.807, 2.05) is 17.5 Å². The molecule has 0 unspecified atom stereocenters. The van der Waals surface area contributed by atoms with Crippen molar-refractivity contribution in [2.45, 2.75) is 0 Å². The molecule has 4 aromatic rings. The van der Waals surface area contributed by atoms with E-state index in [0.29, 0.717) is 40.9 Å². The summed E-state index contributed by atoms with van der Waals surface area (Å²) < 4.78 is 25.6. The summed E-state index contributed by atoms with van der Waals surface area (Å²) in [7, 11) is 1.58. The molecule has 1 amide bonds. The number of methoxy groups -OCH3 is 1. The van der Waals surface area contributed by atoms with Gasteiger partial charge in [0, 0.05) is 18.4 Å². The topological polar surface area (TPSA) is 78.3 Å². The van der Waals surface area contributed by atoms with Crippen molar-refractivity contribution in [1.29, 1.82) is 0 Å². The van der Waals surface area contributed by atoms with E-state index in [1.165, 1.54) is 23.5 Å². The molecule has 2 aromatic heterocycles. The smallest absolute Gasteiger partial charge is 0.336 e. The molecule has 0 aliphatic rings. The van der Waals surface area contributed by atoms with E-state index in [0.717, 1.165) is 0 Å². The largest absolute Gasteiger partial charge is 0.460 e. The number of thiophene rings is 1. The van der Waals surface area contributed by atoms with Crippen LogP contribution in [-0.4, -0.2) is 41.0 Å². The molecule has 4 rings (SSSR count). The van der Waals surface area contributed by atoms with Gasteiger partial charge < -0.3 is 14.8 Å². The summed E-state index contributed by atoms with van der Waals surface area (Å²) in [6.45, 7) is 0.685. The summed E-state index contributed by atoms with van der Waals surface area (Å²) in [5, 5.41) is 9.18. The number of hydrogen-bond acceptors (Lipinski definition) is 6. The van der Waals surface area contributed by atoms with E-state index in [4.69, 9.17) is 9.47 Å². The van der Waals surface area contributed by atoms with Gasteiger partial charge in [-0.15, -0.1) is 16.4 Å². The Hall–Kier alpha value is -3.56. The van der Waals surface area contributed by atoms with Gasteiger partial charge in [-0.05, 0) is 53.9 Å². The molecule has 0 aliphatic heterocycles. The quantitative estimate of drug-likeness (QED) is 0.412. The third-order valence-corrected chi connectivity index (χ3v) is 5.17. The van der Waals surface area contributed by atoms with Crippen molar-refractivity contribution in [3.05, 3.63) is 76.7 Å². The lowest BCUT2D eigenvalue weighted by atomic mass is 10.2. The number of amides is 1. The minimum atomic E-state index is -0.343. The predicted molar refractivity (Wildman–Crippen MR) is 116 cm³/mol. The van der Waals surface area contributed by atoms with Gasteiger partial charge in [-0.2, -0.15) is 4.98 Å². The number of benzene rings is 2. The highest BCUT2D eigenvalue weighted by atomic mass is 32.1. The lowest BCUT2D eigenvalue weighted by Gasteiger charge is -2.09.